The third-order valence-corrected chi connectivity index (χ3v) is 3.62. The standard InChI is InChI=1S/C15H19Cl2N3/c1-11(2)8-18-9-13-5-6-20(19-13)10-12-3-4-14(16)15(17)7-12/h3-7,11,18H,8-10H2,1-2H3. The highest BCUT2D eigenvalue weighted by molar-refractivity contribution is 6.42. The van der Waals surface area contributed by atoms with E-state index in [9.17, 15) is 0 Å². The van der Waals surface area contributed by atoms with Crippen molar-refractivity contribution in [3.05, 3.63) is 51.8 Å². The fourth-order valence-electron chi connectivity index (χ4n) is 1.90. The molecule has 0 unspecified atom stereocenters. The van der Waals surface area contributed by atoms with E-state index in [-0.39, 0.29) is 0 Å². The summed E-state index contributed by atoms with van der Waals surface area (Å²) in [6.07, 6.45) is 1.98. The van der Waals surface area contributed by atoms with Crippen molar-refractivity contribution < 1.29 is 0 Å². The van der Waals surface area contributed by atoms with Crippen molar-refractivity contribution in [1.29, 1.82) is 0 Å². The van der Waals surface area contributed by atoms with Crippen molar-refractivity contribution in [2.75, 3.05) is 6.54 Å². The molecule has 0 bridgehead atoms. The Labute approximate surface area is 129 Å². The first kappa shape index (κ1) is 15.4. The highest BCUT2D eigenvalue weighted by Gasteiger charge is 2.03. The molecule has 20 heavy (non-hydrogen) atoms. The molecule has 108 valence electrons. The van der Waals surface area contributed by atoms with Crippen molar-refractivity contribution in [1.82, 2.24) is 15.1 Å². The number of aromatic nitrogens is 2. The van der Waals surface area contributed by atoms with Crippen LogP contribution in [0.1, 0.15) is 25.1 Å². The van der Waals surface area contributed by atoms with E-state index in [1.54, 1.807) is 0 Å². The lowest BCUT2D eigenvalue weighted by atomic mass is 10.2. The van der Waals surface area contributed by atoms with E-state index in [0.717, 1.165) is 24.3 Å². The highest BCUT2D eigenvalue weighted by atomic mass is 35.5. The van der Waals surface area contributed by atoms with Crippen LogP contribution >= 0.6 is 23.2 Å². The molecule has 0 fully saturated rings. The number of hydrogen-bond acceptors (Lipinski definition) is 2. The van der Waals surface area contributed by atoms with Crippen molar-refractivity contribution in [3.8, 4) is 0 Å². The summed E-state index contributed by atoms with van der Waals surface area (Å²) in [5, 5.41) is 9.07. The molecule has 0 amide bonds. The summed E-state index contributed by atoms with van der Waals surface area (Å²) in [5.74, 6) is 0.647. The zero-order valence-corrected chi connectivity index (χ0v) is 13.2. The van der Waals surface area contributed by atoms with Gasteiger partial charge in [-0.05, 0) is 36.2 Å². The van der Waals surface area contributed by atoms with Gasteiger partial charge in [0.2, 0.25) is 0 Å². The van der Waals surface area contributed by atoms with Gasteiger partial charge in [0.05, 0.1) is 22.3 Å². The van der Waals surface area contributed by atoms with Crippen LogP contribution < -0.4 is 5.32 Å². The van der Waals surface area contributed by atoms with Gasteiger partial charge in [0, 0.05) is 12.7 Å². The van der Waals surface area contributed by atoms with Gasteiger partial charge in [-0.3, -0.25) is 4.68 Å². The molecule has 1 heterocycles. The van der Waals surface area contributed by atoms with Gasteiger partial charge in [0.1, 0.15) is 0 Å². The van der Waals surface area contributed by atoms with E-state index < -0.39 is 0 Å². The molecule has 0 aliphatic rings. The average molecular weight is 312 g/mol. The van der Waals surface area contributed by atoms with Gasteiger partial charge in [0.15, 0.2) is 0 Å². The SMILES string of the molecule is CC(C)CNCc1ccn(Cc2ccc(Cl)c(Cl)c2)n1. The molecular formula is C15H19Cl2N3. The molecule has 0 saturated heterocycles. The van der Waals surface area contributed by atoms with Gasteiger partial charge in [-0.25, -0.2) is 0 Å². The van der Waals surface area contributed by atoms with Gasteiger partial charge in [-0.15, -0.1) is 0 Å². The second-order valence-electron chi connectivity index (χ2n) is 5.28. The summed E-state index contributed by atoms with van der Waals surface area (Å²) >= 11 is 11.9. The quantitative estimate of drug-likeness (QED) is 0.874. The molecule has 2 rings (SSSR count). The second-order valence-corrected chi connectivity index (χ2v) is 6.09. The van der Waals surface area contributed by atoms with Crippen molar-refractivity contribution in [2.24, 2.45) is 5.92 Å². The molecule has 0 spiro atoms. The lowest BCUT2D eigenvalue weighted by Crippen LogP contribution is -2.19. The maximum absolute atomic E-state index is 6.01. The first-order valence-electron chi connectivity index (χ1n) is 6.71. The lowest BCUT2D eigenvalue weighted by Gasteiger charge is -2.05. The minimum Gasteiger partial charge on any atom is -0.311 e. The van der Waals surface area contributed by atoms with Crippen molar-refractivity contribution in [3.63, 3.8) is 0 Å². The monoisotopic (exact) mass is 311 g/mol. The summed E-state index contributed by atoms with van der Waals surface area (Å²) in [5.41, 5.74) is 2.13. The van der Waals surface area contributed by atoms with E-state index in [0.29, 0.717) is 22.5 Å². The fraction of sp³-hybridized carbons (Fsp3) is 0.400. The number of rotatable bonds is 6. The van der Waals surface area contributed by atoms with Gasteiger partial charge in [-0.2, -0.15) is 5.10 Å². The van der Waals surface area contributed by atoms with E-state index in [2.05, 4.69) is 24.3 Å². The first-order valence-corrected chi connectivity index (χ1v) is 7.47. The van der Waals surface area contributed by atoms with Crippen LogP contribution in [-0.2, 0) is 13.1 Å². The van der Waals surface area contributed by atoms with Crippen LogP contribution in [0.5, 0.6) is 0 Å². The van der Waals surface area contributed by atoms with Crippen LogP contribution in [-0.4, -0.2) is 16.3 Å². The molecule has 0 radical (unpaired) electrons. The van der Waals surface area contributed by atoms with E-state index in [1.807, 2.05) is 35.1 Å². The second kappa shape index (κ2) is 7.11. The zero-order valence-electron chi connectivity index (χ0n) is 11.7. The number of benzene rings is 1. The zero-order chi connectivity index (χ0) is 14.5. The largest absolute Gasteiger partial charge is 0.311 e. The smallest absolute Gasteiger partial charge is 0.0762 e. The Morgan fingerprint density at radius 3 is 2.70 bits per heavy atom. The van der Waals surface area contributed by atoms with Gasteiger partial charge in [0.25, 0.3) is 0 Å². The fourth-order valence-corrected chi connectivity index (χ4v) is 2.22. The molecule has 2 aromatic rings. The Hall–Kier alpha value is -1.03. The molecule has 0 saturated carbocycles. The molecule has 1 aromatic carbocycles. The number of halogens is 2. The topological polar surface area (TPSA) is 29.9 Å². The third-order valence-electron chi connectivity index (χ3n) is 2.88. The van der Waals surface area contributed by atoms with Crippen LogP contribution in [0.3, 0.4) is 0 Å². The Kier molecular flexibility index (Phi) is 5.46. The van der Waals surface area contributed by atoms with E-state index in [4.69, 9.17) is 23.2 Å². The van der Waals surface area contributed by atoms with Crippen LogP contribution in [0.2, 0.25) is 10.0 Å². The number of hydrogen-bond donors (Lipinski definition) is 1. The number of nitrogens with one attached hydrogen (secondary N) is 1. The average Bonchev–Trinajstić information content (AvgIpc) is 2.81. The maximum Gasteiger partial charge on any atom is 0.0762 e. The predicted molar refractivity (Wildman–Crippen MR) is 84.3 cm³/mol. The molecule has 0 aliphatic carbocycles. The first-order chi connectivity index (χ1) is 9.54. The molecule has 3 nitrogen and oxygen atoms in total. The van der Waals surface area contributed by atoms with Gasteiger partial charge >= 0.3 is 0 Å². The van der Waals surface area contributed by atoms with E-state index >= 15 is 0 Å². The summed E-state index contributed by atoms with van der Waals surface area (Å²) in [6.45, 7) is 6.87. The minimum absolute atomic E-state index is 0.578. The Morgan fingerprint density at radius 1 is 1.20 bits per heavy atom. The van der Waals surface area contributed by atoms with Gasteiger partial charge in [-0.1, -0.05) is 43.1 Å². The maximum atomic E-state index is 6.01. The van der Waals surface area contributed by atoms with Crippen LogP contribution in [0.4, 0.5) is 0 Å². The van der Waals surface area contributed by atoms with Crippen molar-refractivity contribution in [2.45, 2.75) is 26.9 Å². The summed E-state index contributed by atoms with van der Waals surface area (Å²) in [4.78, 5) is 0. The van der Waals surface area contributed by atoms with Crippen LogP contribution in [0.25, 0.3) is 0 Å². The Bertz CT molecular complexity index is 564. The third kappa shape index (κ3) is 4.51. The summed E-state index contributed by atoms with van der Waals surface area (Å²) in [7, 11) is 0. The minimum atomic E-state index is 0.578. The molecule has 0 atom stereocenters. The Morgan fingerprint density at radius 2 is 2.00 bits per heavy atom. The molecule has 1 aromatic heterocycles. The lowest BCUT2D eigenvalue weighted by molar-refractivity contribution is 0.543. The number of nitrogens with zero attached hydrogens (tertiary/aromatic N) is 2. The predicted octanol–water partition coefficient (Wildman–Crippen LogP) is 3.98. The van der Waals surface area contributed by atoms with Gasteiger partial charge < -0.3 is 5.32 Å². The van der Waals surface area contributed by atoms with Crippen molar-refractivity contribution >= 4 is 23.2 Å². The summed E-state index contributed by atoms with van der Waals surface area (Å²) < 4.78 is 1.91. The van der Waals surface area contributed by atoms with E-state index in [1.165, 1.54) is 0 Å². The molecular weight excluding hydrogens is 293 g/mol. The van der Waals surface area contributed by atoms with Crippen LogP contribution in [0.15, 0.2) is 30.5 Å². The molecule has 5 heteroatoms. The molecule has 1 N–H and O–H groups in total. The molecule has 0 aliphatic heterocycles. The summed E-state index contributed by atoms with van der Waals surface area (Å²) in [6, 6.07) is 7.69. The normalized spacial score (nSPS) is 11.2. The Balaban J connectivity index is 1.93. The van der Waals surface area contributed by atoms with Crippen LogP contribution in [0, 0.1) is 5.92 Å². The highest BCUT2D eigenvalue weighted by Crippen LogP contribution is 2.22.